The van der Waals surface area contributed by atoms with Crippen LogP contribution in [0.25, 0.3) is 10.4 Å². The number of carbonyl (C=O) groups excluding carboxylic acids is 1. The van der Waals surface area contributed by atoms with E-state index >= 15 is 0 Å². The first kappa shape index (κ1) is 17.8. The van der Waals surface area contributed by atoms with Crippen molar-refractivity contribution in [1.29, 1.82) is 0 Å². The lowest BCUT2D eigenvalue weighted by Gasteiger charge is -2.08. The number of aromatic nitrogens is 2. The molecule has 0 fully saturated rings. The highest BCUT2D eigenvalue weighted by Crippen LogP contribution is 2.32. The summed E-state index contributed by atoms with van der Waals surface area (Å²) >= 11 is 1.39. The Morgan fingerprint density at radius 1 is 1.23 bits per heavy atom. The van der Waals surface area contributed by atoms with Gasteiger partial charge in [-0.1, -0.05) is 23.5 Å². The second kappa shape index (κ2) is 8.39. The molecule has 0 saturated heterocycles. The highest BCUT2D eigenvalue weighted by Gasteiger charge is 2.11. The molecule has 0 aliphatic rings. The van der Waals surface area contributed by atoms with Gasteiger partial charge in [0.25, 0.3) is 0 Å². The second-order valence-electron chi connectivity index (χ2n) is 5.33. The summed E-state index contributed by atoms with van der Waals surface area (Å²) in [6.45, 7) is 2.28. The van der Waals surface area contributed by atoms with Gasteiger partial charge in [0.05, 0.1) is 17.1 Å². The Balaban J connectivity index is 1.49. The van der Waals surface area contributed by atoms with Crippen LogP contribution in [0.3, 0.4) is 0 Å². The molecule has 2 amide bonds. The average molecular weight is 372 g/mol. The summed E-state index contributed by atoms with van der Waals surface area (Å²) in [6, 6.07) is 9.52. The fourth-order valence-corrected chi connectivity index (χ4v) is 3.22. The van der Waals surface area contributed by atoms with Crippen LogP contribution >= 0.6 is 11.3 Å². The van der Waals surface area contributed by atoms with Crippen molar-refractivity contribution in [1.82, 2.24) is 15.3 Å². The van der Waals surface area contributed by atoms with Crippen LogP contribution in [0.2, 0.25) is 0 Å². The minimum atomic E-state index is -0.432. The third kappa shape index (κ3) is 4.54. The molecule has 1 aromatic carbocycles. The molecule has 134 valence electrons. The predicted octanol–water partition coefficient (Wildman–Crippen LogP) is 3.85. The molecular formula is C18H17FN4O2S. The molecule has 0 unspecified atom stereocenters. The van der Waals surface area contributed by atoms with E-state index in [0.29, 0.717) is 5.13 Å². The molecule has 2 aromatic heterocycles. The maximum atomic E-state index is 13.4. The van der Waals surface area contributed by atoms with E-state index < -0.39 is 11.8 Å². The van der Waals surface area contributed by atoms with Crippen molar-refractivity contribution >= 4 is 22.5 Å². The zero-order valence-electron chi connectivity index (χ0n) is 14.0. The predicted molar refractivity (Wildman–Crippen MR) is 99.0 cm³/mol. The monoisotopic (exact) mass is 372 g/mol. The second-order valence-corrected chi connectivity index (χ2v) is 6.33. The molecule has 0 radical (unpaired) electrons. The van der Waals surface area contributed by atoms with E-state index in [2.05, 4.69) is 20.6 Å². The summed E-state index contributed by atoms with van der Waals surface area (Å²) < 4.78 is 18.7. The summed E-state index contributed by atoms with van der Waals surface area (Å²) in [5.74, 6) is -0.272. The summed E-state index contributed by atoms with van der Waals surface area (Å²) in [5.41, 5.74) is 1.83. The van der Waals surface area contributed by atoms with Crippen molar-refractivity contribution in [3.05, 3.63) is 60.3 Å². The number of urea groups is 1. The molecule has 0 spiro atoms. The van der Waals surface area contributed by atoms with Crippen LogP contribution in [-0.4, -0.2) is 29.2 Å². The Hall–Kier alpha value is -3.00. The van der Waals surface area contributed by atoms with Crippen LogP contribution in [0.15, 0.2) is 48.8 Å². The number of thiazole rings is 1. The fraction of sp³-hybridized carbons (Fsp3) is 0.167. The van der Waals surface area contributed by atoms with Crippen LogP contribution in [0.5, 0.6) is 5.75 Å². The lowest BCUT2D eigenvalue weighted by molar-refractivity contribution is 0.246. The summed E-state index contributed by atoms with van der Waals surface area (Å²) in [5, 5.41) is 5.85. The van der Waals surface area contributed by atoms with Gasteiger partial charge in [0.2, 0.25) is 0 Å². The van der Waals surface area contributed by atoms with Crippen molar-refractivity contribution in [2.45, 2.75) is 6.92 Å². The first-order chi connectivity index (χ1) is 12.6. The van der Waals surface area contributed by atoms with E-state index in [9.17, 15) is 9.18 Å². The number of hydrogen-bond donors (Lipinski definition) is 2. The summed E-state index contributed by atoms with van der Waals surface area (Å²) in [4.78, 5) is 21.3. The SMILES string of the molecule is Cc1nc(NC(=O)NCCOc2ccccc2F)sc1-c1ccncc1. The third-order valence-corrected chi connectivity index (χ3v) is 4.56. The van der Waals surface area contributed by atoms with Crippen LogP contribution in [0.4, 0.5) is 14.3 Å². The number of ether oxygens (including phenoxy) is 1. The number of para-hydroxylation sites is 1. The molecule has 0 atom stereocenters. The molecule has 0 aliphatic heterocycles. The smallest absolute Gasteiger partial charge is 0.321 e. The summed E-state index contributed by atoms with van der Waals surface area (Å²) in [6.07, 6.45) is 3.42. The zero-order chi connectivity index (χ0) is 18.4. The molecule has 3 rings (SSSR count). The number of halogens is 1. The Morgan fingerprint density at radius 2 is 2.00 bits per heavy atom. The third-order valence-electron chi connectivity index (χ3n) is 3.44. The Kier molecular flexibility index (Phi) is 5.75. The van der Waals surface area contributed by atoms with Gasteiger partial charge in [-0.05, 0) is 36.8 Å². The van der Waals surface area contributed by atoms with Crippen LogP contribution in [0.1, 0.15) is 5.69 Å². The molecule has 0 saturated carbocycles. The van der Waals surface area contributed by atoms with Gasteiger partial charge < -0.3 is 10.1 Å². The maximum absolute atomic E-state index is 13.4. The molecule has 0 bridgehead atoms. The van der Waals surface area contributed by atoms with E-state index in [1.54, 1.807) is 24.5 Å². The number of pyridine rings is 1. The number of anilines is 1. The maximum Gasteiger partial charge on any atom is 0.321 e. The molecular weight excluding hydrogens is 355 g/mol. The van der Waals surface area contributed by atoms with E-state index in [1.807, 2.05) is 19.1 Å². The quantitative estimate of drug-likeness (QED) is 0.645. The van der Waals surface area contributed by atoms with Gasteiger partial charge in [-0.15, -0.1) is 0 Å². The number of carbonyl (C=O) groups is 1. The Morgan fingerprint density at radius 3 is 2.77 bits per heavy atom. The van der Waals surface area contributed by atoms with Crippen molar-refractivity contribution in [2.24, 2.45) is 0 Å². The van der Waals surface area contributed by atoms with Crippen molar-refractivity contribution in [3.63, 3.8) is 0 Å². The normalized spacial score (nSPS) is 10.4. The van der Waals surface area contributed by atoms with Gasteiger partial charge in [-0.25, -0.2) is 14.2 Å². The van der Waals surface area contributed by atoms with Gasteiger partial charge in [-0.2, -0.15) is 0 Å². The summed E-state index contributed by atoms with van der Waals surface area (Å²) in [7, 11) is 0. The number of nitrogens with zero attached hydrogens (tertiary/aromatic N) is 2. The standard InChI is InChI=1S/C18H17FN4O2S/c1-12-16(13-6-8-20-9-7-13)26-18(22-12)23-17(24)21-10-11-25-15-5-3-2-4-14(15)19/h2-9H,10-11H2,1H3,(H2,21,22,23,24). The van der Waals surface area contributed by atoms with E-state index in [4.69, 9.17) is 4.74 Å². The molecule has 2 heterocycles. The first-order valence-corrected chi connectivity index (χ1v) is 8.75. The number of benzene rings is 1. The van der Waals surface area contributed by atoms with Crippen LogP contribution in [0, 0.1) is 12.7 Å². The molecule has 0 aliphatic carbocycles. The van der Waals surface area contributed by atoms with Gasteiger partial charge in [0, 0.05) is 12.4 Å². The minimum Gasteiger partial charge on any atom is -0.489 e. The number of nitrogens with one attached hydrogen (secondary N) is 2. The van der Waals surface area contributed by atoms with Gasteiger partial charge >= 0.3 is 6.03 Å². The van der Waals surface area contributed by atoms with E-state index in [-0.39, 0.29) is 18.9 Å². The Bertz CT molecular complexity index is 886. The first-order valence-electron chi connectivity index (χ1n) is 7.93. The van der Waals surface area contributed by atoms with Crippen molar-refractivity contribution < 1.29 is 13.9 Å². The highest BCUT2D eigenvalue weighted by atomic mass is 32.1. The van der Waals surface area contributed by atoms with Gasteiger partial charge in [0.1, 0.15) is 6.61 Å². The lowest BCUT2D eigenvalue weighted by atomic mass is 10.2. The molecule has 8 heteroatoms. The van der Waals surface area contributed by atoms with E-state index in [0.717, 1.165) is 16.1 Å². The minimum absolute atomic E-state index is 0.159. The van der Waals surface area contributed by atoms with Crippen LogP contribution in [-0.2, 0) is 0 Å². The van der Waals surface area contributed by atoms with Gasteiger partial charge in [0.15, 0.2) is 16.7 Å². The molecule has 6 nitrogen and oxygen atoms in total. The van der Waals surface area contributed by atoms with Gasteiger partial charge in [-0.3, -0.25) is 10.3 Å². The number of aryl methyl sites for hydroxylation is 1. The molecule has 2 N–H and O–H groups in total. The average Bonchev–Trinajstić information content (AvgIpc) is 3.01. The zero-order valence-corrected chi connectivity index (χ0v) is 14.8. The van der Waals surface area contributed by atoms with Crippen LogP contribution < -0.4 is 15.4 Å². The largest absolute Gasteiger partial charge is 0.489 e. The number of hydrogen-bond acceptors (Lipinski definition) is 5. The van der Waals surface area contributed by atoms with Crippen molar-refractivity contribution in [3.8, 4) is 16.2 Å². The fourth-order valence-electron chi connectivity index (χ4n) is 2.25. The number of rotatable bonds is 6. The molecule has 3 aromatic rings. The Labute approximate surface area is 154 Å². The van der Waals surface area contributed by atoms with E-state index in [1.165, 1.54) is 23.5 Å². The molecule has 26 heavy (non-hydrogen) atoms. The van der Waals surface area contributed by atoms with Crippen molar-refractivity contribution in [2.75, 3.05) is 18.5 Å². The number of amides is 2. The highest BCUT2D eigenvalue weighted by molar-refractivity contribution is 7.19. The topological polar surface area (TPSA) is 76.1 Å². The lowest BCUT2D eigenvalue weighted by Crippen LogP contribution is -2.32.